The van der Waals surface area contributed by atoms with Gasteiger partial charge in [0.05, 0.1) is 18.8 Å². The molecule has 2 atom stereocenters. The number of morpholine rings is 1. The Kier molecular flexibility index (Phi) is 5.72. The third-order valence-corrected chi connectivity index (χ3v) is 3.97. The first kappa shape index (κ1) is 15.9. The Bertz CT molecular complexity index is 477. The average molecular weight is 312 g/mol. The fourth-order valence-corrected chi connectivity index (χ4v) is 2.92. The van der Waals surface area contributed by atoms with Gasteiger partial charge in [0, 0.05) is 37.0 Å². The molecule has 2 N–H and O–H groups in total. The number of aliphatic hydroxyl groups is 1. The lowest BCUT2D eigenvalue weighted by Crippen LogP contribution is -2.50. The van der Waals surface area contributed by atoms with Gasteiger partial charge in [-0.05, 0) is 18.4 Å². The number of thiophene rings is 1. The lowest BCUT2D eigenvalue weighted by Gasteiger charge is -2.36. The SMILES string of the molecule is CC1CN(C(=O)CCNC(=O)c2ccsc2)CC(CO)O1. The zero-order valence-corrected chi connectivity index (χ0v) is 12.8. The van der Waals surface area contributed by atoms with E-state index in [4.69, 9.17) is 9.84 Å². The highest BCUT2D eigenvalue weighted by Gasteiger charge is 2.27. The molecule has 2 heterocycles. The van der Waals surface area contributed by atoms with E-state index in [1.165, 1.54) is 11.3 Å². The van der Waals surface area contributed by atoms with Gasteiger partial charge in [0.25, 0.3) is 5.91 Å². The van der Waals surface area contributed by atoms with Gasteiger partial charge in [0.15, 0.2) is 0 Å². The monoisotopic (exact) mass is 312 g/mol. The van der Waals surface area contributed by atoms with Crippen LogP contribution in [0.5, 0.6) is 0 Å². The molecule has 1 aromatic heterocycles. The third kappa shape index (κ3) is 4.52. The second-order valence-electron chi connectivity index (χ2n) is 5.07. The summed E-state index contributed by atoms with van der Waals surface area (Å²) in [5.41, 5.74) is 0.618. The van der Waals surface area contributed by atoms with Crippen molar-refractivity contribution in [3.05, 3.63) is 22.4 Å². The maximum atomic E-state index is 12.1. The van der Waals surface area contributed by atoms with Gasteiger partial charge in [0.1, 0.15) is 0 Å². The van der Waals surface area contributed by atoms with E-state index in [-0.39, 0.29) is 37.0 Å². The van der Waals surface area contributed by atoms with Crippen LogP contribution in [0.3, 0.4) is 0 Å². The van der Waals surface area contributed by atoms with Crippen molar-refractivity contribution in [1.82, 2.24) is 10.2 Å². The lowest BCUT2D eigenvalue weighted by atomic mass is 10.2. The molecule has 1 fully saturated rings. The van der Waals surface area contributed by atoms with E-state index in [0.29, 0.717) is 25.2 Å². The maximum Gasteiger partial charge on any atom is 0.252 e. The minimum Gasteiger partial charge on any atom is -0.394 e. The van der Waals surface area contributed by atoms with E-state index in [9.17, 15) is 9.59 Å². The summed E-state index contributed by atoms with van der Waals surface area (Å²) < 4.78 is 5.50. The van der Waals surface area contributed by atoms with Crippen LogP contribution in [-0.4, -0.2) is 60.3 Å². The van der Waals surface area contributed by atoms with Crippen LogP contribution in [0.4, 0.5) is 0 Å². The minimum absolute atomic E-state index is 0.0331. The van der Waals surface area contributed by atoms with E-state index in [1.807, 2.05) is 12.3 Å². The van der Waals surface area contributed by atoms with Gasteiger partial charge >= 0.3 is 0 Å². The number of carbonyl (C=O) groups is 2. The molecule has 116 valence electrons. The van der Waals surface area contributed by atoms with Gasteiger partial charge in [-0.2, -0.15) is 11.3 Å². The molecule has 2 unspecified atom stereocenters. The van der Waals surface area contributed by atoms with Crippen LogP contribution in [0, 0.1) is 0 Å². The smallest absolute Gasteiger partial charge is 0.252 e. The second kappa shape index (κ2) is 7.53. The normalized spacial score (nSPS) is 22.1. The van der Waals surface area contributed by atoms with Crippen LogP contribution in [0.1, 0.15) is 23.7 Å². The number of ether oxygens (including phenoxy) is 1. The quantitative estimate of drug-likeness (QED) is 0.829. The summed E-state index contributed by atoms with van der Waals surface area (Å²) >= 11 is 1.46. The largest absolute Gasteiger partial charge is 0.394 e. The van der Waals surface area contributed by atoms with Crippen LogP contribution in [-0.2, 0) is 9.53 Å². The molecule has 1 aromatic rings. The minimum atomic E-state index is -0.321. The number of rotatable bonds is 5. The Morgan fingerprint density at radius 2 is 2.33 bits per heavy atom. The number of hydrogen-bond donors (Lipinski definition) is 2. The average Bonchev–Trinajstić information content (AvgIpc) is 3.00. The van der Waals surface area contributed by atoms with Crippen molar-refractivity contribution >= 4 is 23.2 Å². The zero-order valence-electron chi connectivity index (χ0n) is 11.9. The Morgan fingerprint density at radius 3 is 3.00 bits per heavy atom. The molecule has 7 heteroatoms. The summed E-state index contributed by atoms with van der Waals surface area (Å²) in [5.74, 6) is -0.193. The number of amides is 2. The fourth-order valence-electron chi connectivity index (χ4n) is 2.29. The van der Waals surface area contributed by atoms with Crippen molar-refractivity contribution < 1.29 is 19.4 Å². The molecular weight excluding hydrogens is 292 g/mol. The first-order valence-electron chi connectivity index (χ1n) is 6.94. The molecule has 0 saturated carbocycles. The summed E-state index contributed by atoms with van der Waals surface area (Å²) in [6.07, 6.45) is -0.154. The van der Waals surface area contributed by atoms with E-state index >= 15 is 0 Å². The third-order valence-electron chi connectivity index (χ3n) is 3.29. The summed E-state index contributed by atoms with van der Waals surface area (Å²) in [7, 11) is 0. The van der Waals surface area contributed by atoms with Crippen molar-refractivity contribution in [3.8, 4) is 0 Å². The number of aliphatic hydroxyl groups excluding tert-OH is 1. The zero-order chi connectivity index (χ0) is 15.2. The molecule has 0 bridgehead atoms. The molecule has 21 heavy (non-hydrogen) atoms. The van der Waals surface area contributed by atoms with Crippen LogP contribution in [0.25, 0.3) is 0 Å². The molecule has 0 spiro atoms. The molecule has 1 aliphatic rings. The Hall–Kier alpha value is -1.44. The Labute approximate surface area is 127 Å². The number of hydrogen-bond acceptors (Lipinski definition) is 5. The Balaban J connectivity index is 1.75. The Morgan fingerprint density at radius 1 is 1.52 bits per heavy atom. The van der Waals surface area contributed by atoms with Crippen molar-refractivity contribution in [2.75, 3.05) is 26.2 Å². The predicted molar refractivity (Wildman–Crippen MR) is 79.3 cm³/mol. The molecule has 6 nitrogen and oxygen atoms in total. The number of carbonyl (C=O) groups excluding carboxylic acids is 2. The molecule has 1 saturated heterocycles. The molecule has 0 aliphatic carbocycles. The topological polar surface area (TPSA) is 78.9 Å². The van der Waals surface area contributed by atoms with E-state index in [0.717, 1.165) is 0 Å². The maximum absolute atomic E-state index is 12.1. The highest BCUT2D eigenvalue weighted by atomic mass is 32.1. The van der Waals surface area contributed by atoms with E-state index in [2.05, 4.69) is 5.32 Å². The van der Waals surface area contributed by atoms with Crippen LogP contribution >= 0.6 is 11.3 Å². The van der Waals surface area contributed by atoms with Crippen LogP contribution < -0.4 is 5.32 Å². The highest BCUT2D eigenvalue weighted by molar-refractivity contribution is 7.08. The van der Waals surface area contributed by atoms with Crippen LogP contribution in [0.2, 0.25) is 0 Å². The number of nitrogens with one attached hydrogen (secondary N) is 1. The van der Waals surface area contributed by atoms with Gasteiger partial charge < -0.3 is 20.1 Å². The molecule has 0 aromatic carbocycles. The van der Waals surface area contributed by atoms with Crippen molar-refractivity contribution in [3.63, 3.8) is 0 Å². The number of nitrogens with zero attached hydrogens (tertiary/aromatic N) is 1. The van der Waals surface area contributed by atoms with E-state index in [1.54, 1.807) is 16.3 Å². The molecule has 0 radical (unpaired) electrons. The first-order valence-corrected chi connectivity index (χ1v) is 7.89. The summed E-state index contributed by atoms with van der Waals surface area (Å²) in [6, 6.07) is 1.75. The predicted octanol–water partition coefficient (Wildman–Crippen LogP) is 0.476. The highest BCUT2D eigenvalue weighted by Crippen LogP contribution is 2.12. The van der Waals surface area contributed by atoms with E-state index < -0.39 is 0 Å². The molecular formula is C14H20N2O4S. The molecule has 2 amide bonds. The van der Waals surface area contributed by atoms with Gasteiger partial charge in [0.2, 0.25) is 5.91 Å². The van der Waals surface area contributed by atoms with Gasteiger partial charge in [-0.25, -0.2) is 0 Å². The van der Waals surface area contributed by atoms with Crippen molar-refractivity contribution in [2.45, 2.75) is 25.6 Å². The van der Waals surface area contributed by atoms with Gasteiger partial charge in [-0.15, -0.1) is 0 Å². The lowest BCUT2D eigenvalue weighted by molar-refractivity contribution is -0.146. The molecule has 2 rings (SSSR count). The van der Waals surface area contributed by atoms with Gasteiger partial charge in [-0.1, -0.05) is 0 Å². The summed E-state index contributed by atoms with van der Waals surface area (Å²) in [5, 5.41) is 15.5. The van der Waals surface area contributed by atoms with Crippen LogP contribution in [0.15, 0.2) is 16.8 Å². The fraction of sp³-hybridized carbons (Fsp3) is 0.571. The standard InChI is InChI=1S/C14H20N2O4S/c1-10-6-16(7-12(8-17)20-10)13(18)2-4-15-14(19)11-3-5-21-9-11/h3,5,9-10,12,17H,2,4,6-8H2,1H3,(H,15,19). The van der Waals surface area contributed by atoms with Crippen molar-refractivity contribution in [1.29, 1.82) is 0 Å². The summed E-state index contributed by atoms with van der Waals surface area (Å²) in [4.78, 5) is 25.5. The molecule has 1 aliphatic heterocycles. The first-order chi connectivity index (χ1) is 10.1. The van der Waals surface area contributed by atoms with Crippen molar-refractivity contribution in [2.24, 2.45) is 0 Å². The summed E-state index contributed by atoms with van der Waals surface area (Å²) in [6.45, 7) is 3.01. The van der Waals surface area contributed by atoms with Gasteiger partial charge in [-0.3, -0.25) is 9.59 Å². The second-order valence-corrected chi connectivity index (χ2v) is 5.85.